The highest BCUT2D eigenvalue weighted by molar-refractivity contribution is 5.74. The number of benzene rings is 2. The molecular formula is C21H17F4N3O. The second-order valence-electron chi connectivity index (χ2n) is 8.00. The molecule has 0 spiro atoms. The van der Waals surface area contributed by atoms with Crippen molar-refractivity contribution < 1.29 is 22.3 Å². The molecule has 4 aliphatic heterocycles. The van der Waals surface area contributed by atoms with E-state index in [1.165, 1.54) is 24.3 Å². The van der Waals surface area contributed by atoms with Crippen molar-refractivity contribution in [2.45, 2.75) is 43.0 Å². The van der Waals surface area contributed by atoms with Crippen LogP contribution in [0.5, 0.6) is 5.75 Å². The average Bonchev–Trinajstić information content (AvgIpc) is 3.27. The number of rotatable bonds is 4. The maximum atomic E-state index is 15.0. The maximum absolute atomic E-state index is 15.0. The summed E-state index contributed by atoms with van der Waals surface area (Å²) in [7, 11) is 0. The number of hydrogen-bond acceptors (Lipinski definition) is 4. The second-order valence-corrected chi connectivity index (χ2v) is 8.00. The summed E-state index contributed by atoms with van der Waals surface area (Å²) >= 11 is 0. The molecule has 0 saturated carbocycles. The summed E-state index contributed by atoms with van der Waals surface area (Å²) in [6.45, 7) is -2.62. The van der Waals surface area contributed by atoms with Gasteiger partial charge in [0.1, 0.15) is 23.5 Å². The summed E-state index contributed by atoms with van der Waals surface area (Å²) in [4.78, 5) is 2.20. The minimum atomic E-state index is -3.16. The minimum Gasteiger partial charge on any atom is -0.434 e. The monoisotopic (exact) mass is 403 g/mol. The summed E-state index contributed by atoms with van der Waals surface area (Å²) in [6, 6.07) is 8.11. The fraction of sp³-hybridized carbons (Fsp3) is 0.381. The average molecular weight is 403 g/mol. The first-order valence-corrected chi connectivity index (χ1v) is 9.35. The molecule has 8 heteroatoms. The first kappa shape index (κ1) is 18.4. The van der Waals surface area contributed by atoms with Crippen molar-refractivity contribution in [1.82, 2.24) is 4.90 Å². The molecule has 2 unspecified atom stereocenters. The Morgan fingerprint density at radius 2 is 2.00 bits per heavy atom. The van der Waals surface area contributed by atoms with Gasteiger partial charge in [-0.2, -0.15) is 14.0 Å². The molecule has 4 heterocycles. The van der Waals surface area contributed by atoms with E-state index in [1.54, 1.807) is 6.07 Å². The van der Waals surface area contributed by atoms with Crippen molar-refractivity contribution in [2.75, 3.05) is 6.54 Å². The fourth-order valence-corrected chi connectivity index (χ4v) is 5.54. The molecular weight excluding hydrogens is 386 g/mol. The molecule has 4 bridgehead atoms. The first-order chi connectivity index (χ1) is 13.9. The van der Waals surface area contributed by atoms with Crippen LogP contribution in [0.1, 0.15) is 24.0 Å². The number of halogens is 4. The van der Waals surface area contributed by atoms with E-state index in [9.17, 15) is 13.2 Å². The molecule has 0 aliphatic carbocycles. The van der Waals surface area contributed by atoms with E-state index in [1.807, 2.05) is 0 Å². The molecule has 0 aromatic heterocycles. The van der Waals surface area contributed by atoms with Crippen molar-refractivity contribution in [2.24, 2.45) is 5.73 Å². The number of hydrogen-bond donors (Lipinski definition) is 1. The number of alkyl halides is 2. The molecule has 0 radical (unpaired) electrons. The fourth-order valence-electron chi connectivity index (χ4n) is 5.54. The molecule has 150 valence electrons. The van der Waals surface area contributed by atoms with Crippen molar-refractivity contribution >= 4 is 0 Å². The predicted molar refractivity (Wildman–Crippen MR) is 96.3 cm³/mol. The van der Waals surface area contributed by atoms with Crippen LogP contribution >= 0.6 is 0 Å². The van der Waals surface area contributed by atoms with E-state index in [0.29, 0.717) is 19.4 Å². The zero-order chi connectivity index (χ0) is 20.5. The van der Waals surface area contributed by atoms with Gasteiger partial charge in [0, 0.05) is 41.2 Å². The number of nitrogens with zero attached hydrogens (tertiary/aromatic N) is 2. The van der Waals surface area contributed by atoms with Crippen LogP contribution in [0.4, 0.5) is 17.6 Å². The van der Waals surface area contributed by atoms with E-state index in [0.717, 1.165) is 6.07 Å². The Morgan fingerprint density at radius 3 is 2.59 bits per heavy atom. The Balaban J connectivity index is 1.68. The van der Waals surface area contributed by atoms with Crippen molar-refractivity contribution in [3.05, 3.63) is 53.1 Å². The molecule has 6 rings (SSSR count). The van der Waals surface area contributed by atoms with Gasteiger partial charge in [-0.25, -0.2) is 8.78 Å². The Kier molecular flexibility index (Phi) is 3.92. The zero-order valence-corrected chi connectivity index (χ0v) is 15.2. The van der Waals surface area contributed by atoms with Gasteiger partial charge < -0.3 is 10.5 Å². The topological polar surface area (TPSA) is 62.3 Å². The highest BCUT2D eigenvalue weighted by atomic mass is 19.3. The van der Waals surface area contributed by atoms with Gasteiger partial charge in [-0.05, 0) is 42.7 Å². The Morgan fingerprint density at radius 1 is 1.21 bits per heavy atom. The van der Waals surface area contributed by atoms with Gasteiger partial charge in [0.25, 0.3) is 0 Å². The van der Waals surface area contributed by atoms with Crippen molar-refractivity contribution in [3.63, 3.8) is 0 Å². The summed E-state index contributed by atoms with van der Waals surface area (Å²) in [5.41, 5.74) is 5.88. The van der Waals surface area contributed by atoms with Crippen LogP contribution in [0.3, 0.4) is 0 Å². The normalized spacial score (nSPS) is 31.6. The van der Waals surface area contributed by atoms with E-state index >= 15 is 4.39 Å². The molecule has 4 aliphatic rings. The molecule has 4 fully saturated rings. The SMILES string of the molecule is N#Cc1ccc(-c2ccc(F)c([C@]34CC5[C@H](N)C[C@H]3N5C4)c2OC(F)F)cc1F. The Hall–Kier alpha value is -2.63. The number of ether oxygens (including phenoxy) is 1. The van der Waals surface area contributed by atoms with E-state index in [-0.39, 0.29) is 46.1 Å². The summed E-state index contributed by atoms with van der Waals surface area (Å²) in [6.07, 6.45) is 1.26. The van der Waals surface area contributed by atoms with Crippen LogP contribution in [0.25, 0.3) is 11.1 Å². The van der Waals surface area contributed by atoms with Gasteiger partial charge in [0.15, 0.2) is 0 Å². The number of nitrogens with two attached hydrogens (primary N) is 1. The minimum absolute atomic E-state index is 0.00559. The van der Waals surface area contributed by atoms with Crippen LogP contribution in [-0.4, -0.2) is 36.2 Å². The maximum Gasteiger partial charge on any atom is 0.387 e. The number of nitriles is 1. The third kappa shape index (κ3) is 2.44. The smallest absolute Gasteiger partial charge is 0.387 e. The van der Waals surface area contributed by atoms with Crippen molar-refractivity contribution in [3.8, 4) is 22.9 Å². The first-order valence-electron chi connectivity index (χ1n) is 9.35. The molecule has 29 heavy (non-hydrogen) atoms. The van der Waals surface area contributed by atoms with E-state index < -0.39 is 23.7 Å². The molecule has 2 aromatic rings. The molecule has 4 nitrogen and oxygen atoms in total. The van der Waals surface area contributed by atoms with Crippen LogP contribution in [0.15, 0.2) is 30.3 Å². The van der Waals surface area contributed by atoms with Crippen LogP contribution in [0, 0.1) is 23.0 Å². The van der Waals surface area contributed by atoms with Crippen LogP contribution in [-0.2, 0) is 5.41 Å². The lowest BCUT2D eigenvalue weighted by molar-refractivity contribution is -0.0522. The van der Waals surface area contributed by atoms with Gasteiger partial charge in [-0.15, -0.1) is 0 Å². The van der Waals surface area contributed by atoms with Gasteiger partial charge in [-0.3, -0.25) is 4.90 Å². The lowest BCUT2D eigenvalue weighted by Crippen LogP contribution is -2.58. The largest absolute Gasteiger partial charge is 0.434 e. The standard InChI is InChI=1S/C21H17F4N3O/c22-13-4-3-12(10-1-2-11(8-26)14(23)5-10)19(29-20(24)25)18(13)21-7-16-15(27)6-17(21)28(16)9-21/h1-5,15-17,20H,6-7,9,27H2/t15-,16?,17-,21+/m1/s1. The molecule has 5 atom stereocenters. The molecule has 2 aromatic carbocycles. The highest BCUT2D eigenvalue weighted by Crippen LogP contribution is 2.62. The molecule has 0 amide bonds. The van der Waals surface area contributed by atoms with E-state index in [4.69, 9.17) is 15.7 Å². The van der Waals surface area contributed by atoms with Gasteiger partial charge in [-0.1, -0.05) is 6.07 Å². The van der Waals surface area contributed by atoms with Gasteiger partial charge in [0.2, 0.25) is 0 Å². The third-order valence-electron chi connectivity index (χ3n) is 6.70. The summed E-state index contributed by atoms with van der Waals surface area (Å²) in [5.74, 6) is -1.65. The van der Waals surface area contributed by atoms with Crippen LogP contribution in [0.2, 0.25) is 0 Å². The molecule has 2 N–H and O–H groups in total. The summed E-state index contributed by atoms with van der Waals surface area (Å²) in [5, 5.41) is 8.92. The zero-order valence-electron chi connectivity index (χ0n) is 15.2. The Labute approximate surface area is 164 Å². The third-order valence-corrected chi connectivity index (χ3v) is 6.70. The molecule has 4 saturated heterocycles. The lowest BCUT2D eigenvalue weighted by Gasteiger charge is -2.49. The van der Waals surface area contributed by atoms with Crippen LogP contribution < -0.4 is 10.5 Å². The summed E-state index contributed by atoms with van der Waals surface area (Å²) < 4.78 is 60.7. The predicted octanol–water partition coefficient (Wildman–Crippen LogP) is 3.53. The lowest BCUT2D eigenvalue weighted by atomic mass is 9.64. The Bertz CT molecular complexity index is 1050. The second kappa shape index (κ2) is 6.18. The van der Waals surface area contributed by atoms with Gasteiger partial charge >= 0.3 is 6.61 Å². The van der Waals surface area contributed by atoms with Crippen molar-refractivity contribution in [1.29, 1.82) is 5.26 Å². The van der Waals surface area contributed by atoms with Gasteiger partial charge in [0.05, 0.1) is 5.56 Å². The quantitative estimate of drug-likeness (QED) is 0.794. The van der Waals surface area contributed by atoms with E-state index in [2.05, 4.69) is 4.90 Å². The highest BCUT2D eigenvalue weighted by Gasteiger charge is 2.69.